The van der Waals surface area contributed by atoms with Crippen molar-refractivity contribution in [3.05, 3.63) is 69.0 Å². The van der Waals surface area contributed by atoms with E-state index in [2.05, 4.69) is 15.7 Å². The van der Waals surface area contributed by atoms with E-state index in [0.717, 1.165) is 29.2 Å². The second kappa shape index (κ2) is 7.79. The van der Waals surface area contributed by atoms with E-state index in [9.17, 15) is 9.59 Å². The lowest BCUT2D eigenvalue weighted by Crippen LogP contribution is -2.38. The second-order valence-corrected chi connectivity index (χ2v) is 7.53. The third kappa shape index (κ3) is 4.11. The third-order valence-electron chi connectivity index (χ3n) is 4.43. The Balaban J connectivity index is 1.39. The first kappa shape index (κ1) is 17.5. The summed E-state index contributed by atoms with van der Waals surface area (Å²) in [5.41, 5.74) is 0.668. The van der Waals surface area contributed by atoms with Gasteiger partial charge in [0.05, 0.1) is 18.8 Å². The van der Waals surface area contributed by atoms with E-state index < -0.39 is 0 Å². The minimum absolute atomic E-state index is 0.163. The molecule has 1 fully saturated rings. The minimum Gasteiger partial charge on any atom is -0.336 e. The summed E-state index contributed by atoms with van der Waals surface area (Å²) in [5, 5.41) is 12.1. The van der Waals surface area contributed by atoms with Crippen molar-refractivity contribution in [1.82, 2.24) is 25.0 Å². The summed E-state index contributed by atoms with van der Waals surface area (Å²) < 4.78 is 3.13. The fourth-order valence-electron chi connectivity index (χ4n) is 2.91. The normalized spacial score (nSPS) is 13.5. The quantitative estimate of drug-likeness (QED) is 0.658. The number of hydrogen-bond donors (Lipinski definition) is 2. The van der Waals surface area contributed by atoms with Gasteiger partial charge < -0.3 is 10.6 Å². The molecule has 1 aliphatic carbocycles. The van der Waals surface area contributed by atoms with Gasteiger partial charge in [0.25, 0.3) is 0 Å². The molecule has 0 radical (unpaired) electrons. The highest BCUT2D eigenvalue weighted by Gasteiger charge is 2.31. The average molecular weight is 383 g/mol. The molecule has 4 rings (SSSR count). The van der Waals surface area contributed by atoms with E-state index in [4.69, 9.17) is 0 Å². The Labute approximate surface area is 160 Å². The summed E-state index contributed by atoms with van der Waals surface area (Å²) in [6, 6.07) is 13.2. The Morgan fingerprint density at radius 2 is 1.96 bits per heavy atom. The van der Waals surface area contributed by atoms with Gasteiger partial charge in [0.2, 0.25) is 0 Å². The van der Waals surface area contributed by atoms with Crippen molar-refractivity contribution in [2.24, 2.45) is 0 Å². The molecule has 0 unspecified atom stereocenters. The standard InChI is InChI=1S/C19H21N5O2S/c25-18(21-13-16-7-4-12-27-16)20-10-11-23-19(26)24(15-5-2-1-3-6-15)17(22-23)14-8-9-14/h1-7,12,14H,8-11,13H2,(H2,20,21,25). The fourth-order valence-corrected chi connectivity index (χ4v) is 3.56. The molecule has 0 atom stereocenters. The lowest BCUT2D eigenvalue weighted by atomic mass is 10.3. The van der Waals surface area contributed by atoms with Gasteiger partial charge in [-0.05, 0) is 36.4 Å². The largest absolute Gasteiger partial charge is 0.350 e. The minimum atomic E-state index is -0.249. The topological polar surface area (TPSA) is 81.0 Å². The van der Waals surface area contributed by atoms with Crippen LogP contribution in [0.4, 0.5) is 4.79 Å². The van der Waals surface area contributed by atoms with Crippen LogP contribution in [0.15, 0.2) is 52.6 Å². The molecule has 1 aliphatic rings. The van der Waals surface area contributed by atoms with Gasteiger partial charge in [0, 0.05) is 17.3 Å². The van der Waals surface area contributed by atoms with Gasteiger partial charge in [-0.2, -0.15) is 5.10 Å². The van der Waals surface area contributed by atoms with Gasteiger partial charge >= 0.3 is 11.7 Å². The van der Waals surface area contributed by atoms with Gasteiger partial charge in [0.1, 0.15) is 5.82 Å². The zero-order valence-corrected chi connectivity index (χ0v) is 15.6. The van der Waals surface area contributed by atoms with Gasteiger partial charge in [-0.3, -0.25) is 0 Å². The Bertz CT molecular complexity index is 958. The molecule has 140 valence electrons. The molecular weight excluding hydrogens is 362 g/mol. The molecule has 1 saturated carbocycles. The molecule has 2 aromatic heterocycles. The van der Waals surface area contributed by atoms with Crippen LogP contribution in [0.25, 0.3) is 5.69 Å². The highest BCUT2D eigenvalue weighted by Crippen LogP contribution is 2.39. The smallest absolute Gasteiger partial charge is 0.336 e. The maximum Gasteiger partial charge on any atom is 0.350 e. The number of amides is 2. The van der Waals surface area contributed by atoms with Crippen molar-refractivity contribution in [1.29, 1.82) is 0 Å². The number of carbonyl (C=O) groups excluding carboxylic acids is 1. The first-order valence-corrected chi connectivity index (χ1v) is 9.89. The molecule has 7 nitrogen and oxygen atoms in total. The van der Waals surface area contributed by atoms with Gasteiger partial charge in [-0.15, -0.1) is 11.3 Å². The van der Waals surface area contributed by atoms with Gasteiger partial charge in [-0.25, -0.2) is 18.8 Å². The summed E-state index contributed by atoms with van der Waals surface area (Å²) in [5.74, 6) is 1.16. The first-order valence-electron chi connectivity index (χ1n) is 9.01. The van der Waals surface area contributed by atoms with E-state index in [-0.39, 0.29) is 11.7 Å². The van der Waals surface area contributed by atoms with Gasteiger partial charge in [0.15, 0.2) is 0 Å². The Morgan fingerprint density at radius 3 is 2.67 bits per heavy atom. The monoisotopic (exact) mass is 383 g/mol. The van der Waals surface area contributed by atoms with Crippen molar-refractivity contribution in [3.8, 4) is 5.69 Å². The van der Waals surface area contributed by atoms with E-state index >= 15 is 0 Å². The molecule has 3 aromatic rings. The number of urea groups is 1. The number of para-hydroxylation sites is 1. The van der Waals surface area contributed by atoms with Crippen LogP contribution in [0.1, 0.15) is 29.5 Å². The number of hydrogen-bond acceptors (Lipinski definition) is 4. The molecule has 1 aromatic carbocycles. The van der Waals surface area contributed by atoms with Crippen LogP contribution >= 0.6 is 11.3 Å². The molecule has 27 heavy (non-hydrogen) atoms. The Kier molecular flexibility index (Phi) is 5.06. The second-order valence-electron chi connectivity index (χ2n) is 6.50. The van der Waals surface area contributed by atoms with Crippen LogP contribution in [-0.4, -0.2) is 26.9 Å². The molecular formula is C19H21N5O2S. The van der Waals surface area contributed by atoms with E-state index in [1.807, 2.05) is 47.8 Å². The molecule has 8 heteroatoms. The fraction of sp³-hybridized carbons (Fsp3) is 0.316. The number of rotatable bonds is 7. The molecule has 0 aliphatic heterocycles. The molecule has 2 heterocycles. The number of benzene rings is 1. The van der Waals surface area contributed by atoms with Crippen molar-refractivity contribution in [3.63, 3.8) is 0 Å². The van der Waals surface area contributed by atoms with Crippen LogP contribution in [-0.2, 0) is 13.1 Å². The van der Waals surface area contributed by atoms with Crippen molar-refractivity contribution in [2.45, 2.75) is 31.8 Å². The average Bonchev–Trinajstić information content (AvgIpc) is 3.29. The van der Waals surface area contributed by atoms with Crippen LogP contribution in [0.3, 0.4) is 0 Å². The van der Waals surface area contributed by atoms with Crippen LogP contribution in [0.5, 0.6) is 0 Å². The third-order valence-corrected chi connectivity index (χ3v) is 5.31. The maximum absolute atomic E-state index is 12.8. The van der Waals surface area contributed by atoms with Crippen molar-refractivity contribution >= 4 is 17.4 Å². The SMILES string of the molecule is O=C(NCCn1nc(C2CC2)n(-c2ccccc2)c1=O)NCc1cccs1. The van der Waals surface area contributed by atoms with Crippen molar-refractivity contribution < 1.29 is 4.79 Å². The highest BCUT2D eigenvalue weighted by molar-refractivity contribution is 7.09. The summed E-state index contributed by atoms with van der Waals surface area (Å²) >= 11 is 1.60. The maximum atomic E-state index is 12.8. The van der Waals surface area contributed by atoms with Crippen molar-refractivity contribution in [2.75, 3.05) is 6.54 Å². The summed E-state index contributed by atoms with van der Waals surface area (Å²) in [6.45, 7) is 1.18. The highest BCUT2D eigenvalue weighted by atomic mass is 32.1. The molecule has 0 spiro atoms. The summed E-state index contributed by atoms with van der Waals surface area (Å²) in [6.07, 6.45) is 2.12. The predicted molar refractivity (Wildman–Crippen MR) is 104 cm³/mol. The predicted octanol–water partition coefficient (Wildman–Crippen LogP) is 2.47. The number of nitrogens with one attached hydrogen (secondary N) is 2. The Hall–Kier alpha value is -2.87. The molecule has 0 saturated heterocycles. The van der Waals surface area contributed by atoms with Gasteiger partial charge in [-0.1, -0.05) is 24.3 Å². The summed E-state index contributed by atoms with van der Waals surface area (Å²) in [7, 11) is 0. The van der Waals surface area contributed by atoms with Crippen LogP contribution in [0, 0.1) is 0 Å². The molecule has 2 amide bonds. The summed E-state index contributed by atoms with van der Waals surface area (Å²) in [4.78, 5) is 25.8. The lowest BCUT2D eigenvalue weighted by Gasteiger charge is -2.06. The lowest BCUT2D eigenvalue weighted by molar-refractivity contribution is 0.240. The van der Waals surface area contributed by atoms with E-state index in [1.54, 1.807) is 15.9 Å². The first-order chi connectivity index (χ1) is 13.2. The zero-order valence-electron chi connectivity index (χ0n) is 14.8. The zero-order chi connectivity index (χ0) is 18.6. The molecule has 0 bridgehead atoms. The molecule has 2 N–H and O–H groups in total. The van der Waals surface area contributed by atoms with E-state index in [1.165, 1.54) is 4.68 Å². The number of thiophene rings is 1. The Morgan fingerprint density at radius 1 is 1.15 bits per heavy atom. The number of nitrogens with zero attached hydrogens (tertiary/aromatic N) is 3. The number of aromatic nitrogens is 3. The van der Waals surface area contributed by atoms with Crippen LogP contribution < -0.4 is 16.3 Å². The van der Waals surface area contributed by atoms with Crippen LogP contribution in [0.2, 0.25) is 0 Å². The number of carbonyl (C=O) groups is 1. The van der Waals surface area contributed by atoms with E-state index in [0.29, 0.717) is 25.6 Å².